The summed E-state index contributed by atoms with van der Waals surface area (Å²) in [7, 11) is 7.78. The van der Waals surface area contributed by atoms with Crippen molar-refractivity contribution in [3.05, 3.63) is 91.0 Å². The van der Waals surface area contributed by atoms with Crippen molar-refractivity contribution in [2.75, 3.05) is 61.5 Å². The fourth-order valence-corrected chi connectivity index (χ4v) is 13.4. The molecule has 0 aromatic heterocycles. The van der Waals surface area contributed by atoms with Crippen LogP contribution in [0.3, 0.4) is 0 Å². The molecule has 0 saturated heterocycles. The van der Waals surface area contributed by atoms with Crippen molar-refractivity contribution in [2.45, 2.75) is 213 Å². The minimum atomic E-state index is -2.77. The van der Waals surface area contributed by atoms with E-state index in [9.17, 15) is 53.5 Å². The average molecular weight is 1400 g/mol. The van der Waals surface area contributed by atoms with Gasteiger partial charge in [-0.25, -0.2) is 28.8 Å². The number of methoxy groups -OCH3 is 1. The van der Waals surface area contributed by atoms with Crippen LogP contribution in [0.1, 0.15) is 160 Å². The number of aliphatic hydroxyl groups excluding tert-OH is 1. The van der Waals surface area contributed by atoms with Gasteiger partial charge >= 0.3 is 42.3 Å². The van der Waals surface area contributed by atoms with Crippen molar-refractivity contribution < 1.29 is 82.2 Å². The number of alkyl carbamates (subject to hydrolysis) is 4. The number of nitriles is 1. The largest absolute Gasteiger partial charge is 0.480 e. The SMILES string of the molecule is CNC(CCCCNC(=O)OC(C)(C)C)C(=O)C(=O)OC.CNC(CCCCNC(=O)OC(C)(C)C)C(=O)C(C#N)=P(c1ccccc1)(c1ccccc1)c1ccccc1.CNC(CCCCNC(=O)OC(C)(C)C)C(=O)O.CNC(CCCCNC(=O)OC(C)(C)C)C(O)C(=O)O. The maximum absolute atomic E-state index is 14.2. The smallest absolute Gasteiger partial charge is 0.407 e. The zero-order chi connectivity index (χ0) is 74.7. The zero-order valence-electron chi connectivity index (χ0n) is 60.8. The number of carboxylic acid groups (broad SMARTS) is 2. The van der Waals surface area contributed by atoms with Crippen LogP contribution in [0.5, 0.6) is 0 Å². The first-order valence-electron chi connectivity index (χ1n) is 33.1. The molecule has 0 aliphatic rings. The number of benzene rings is 3. The Kier molecular flexibility index (Phi) is 43.3. The highest BCUT2D eigenvalue weighted by Crippen LogP contribution is 2.46. The summed E-state index contributed by atoms with van der Waals surface area (Å²) in [6, 6.07) is 30.0. The van der Waals surface area contributed by atoms with Crippen molar-refractivity contribution in [3.63, 3.8) is 0 Å². The second kappa shape index (κ2) is 47.1. The molecule has 98 heavy (non-hydrogen) atoms. The molecule has 0 fully saturated rings. The predicted octanol–water partition coefficient (Wildman–Crippen LogP) is 7.61. The lowest BCUT2D eigenvalue weighted by molar-refractivity contribution is -0.152. The minimum absolute atomic E-state index is 0.190. The van der Waals surface area contributed by atoms with Gasteiger partial charge < -0.3 is 81.5 Å². The summed E-state index contributed by atoms with van der Waals surface area (Å²) in [5.74, 6) is -3.71. The number of carboxylic acids is 2. The van der Waals surface area contributed by atoms with Crippen LogP contribution in [0.15, 0.2) is 91.0 Å². The number of ether oxygens (including phenoxy) is 5. The number of carbonyl (C=O) groups excluding carboxylic acids is 7. The van der Waals surface area contributed by atoms with Crippen molar-refractivity contribution in [1.82, 2.24) is 42.5 Å². The number of rotatable bonds is 34. The molecule has 0 heterocycles. The van der Waals surface area contributed by atoms with Crippen LogP contribution in [0.2, 0.25) is 0 Å². The first-order valence-corrected chi connectivity index (χ1v) is 34.9. The molecular weight excluding hydrogens is 1280 g/mol. The fraction of sp³-hybridized carbons (Fsp3) is 0.592. The van der Waals surface area contributed by atoms with Gasteiger partial charge in [0, 0.05) is 32.2 Å². The van der Waals surface area contributed by atoms with Crippen LogP contribution in [-0.2, 0) is 47.7 Å². The van der Waals surface area contributed by atoms with E-state index in [1.807, 2.05) is 112 Å². The number of nitrogens with one attached hydrogen (secondary N) is 8. The Balaban J connectivity index is 0.00000137. The highest BCUT2D eigenvalue weighted by molar-refractivity contribution is 7.97. The number of ketones is 2. The molecule has 3 aromatic rings. The molecule has 0 bridgehead atoms. The van der Waals surface area contributed by atoms with Gasteiger partial charge in [0.25, 0.3) is 5.78 Å². The van der Waals surface area contributed by atoms with Crippen LogP contribution in [0, 0.1) is 11.3 Å². The molecule has 5 unspecified atom stereocenters. The summed E-state index contributed by atoms with van der Waals surface area (Å²) in [6.45, 7) is 20.7. The predicted molar refractivity (Wildman–Crippen MR) is 383 cm³/mol. The van der Waals surface area contributed by atoms with Crippen LogP contribution >= 0.6 is 6.89 Å². The Labute approximate surface area is 580 Å². The number of esters is 1. The highest BCUT2D eigenvalue weighted by atomic mass is 31.2. The van der Waals surface area contributed by atoms with Gasteiger partial charge in [0.1, 0.15) is 39.8 Å². The molecule has 0 spiro atoms. The third kappa shape index (κ3) is 38.3. The van der Waals surface area contributed by atoms with Gasteiger partial charge in [-0.15, -0.1) is 0 Å². The van der Waals surface area contributed by atoms with E-state index >= 15 is 0 Å². The molecule has 3 aromatic carbocycles. The molecule has 0 saturated carbocycles. The third-order valence-electron chi connectivity index (χ3n) is 13.8. The van der Waals surface area contributed by atoms with E-state index in [1.165, 1.54) is 7.11 Å². The van der Waals surface area contributed by atoms with Gasteiger partial charge in [-0.3, -0.25) is 14.4 Å². The lowest BCUT2D eigenvalue weighted by atomic mass is 10.0. The molecule has 0 aliphatic carbocycles. The number of Topliss-reactive ketones (excluding diaryl/α,β-unsaturated/α-hetero) is 2. The molecule has 4 amide bonds. The Bertz CT molecular complexity index is 2870. The summed E-state index contributed by atoms with van der Waals surface area (Å²) >= 11 is 0. The number of unbranched alkanes of at least 4 members (excludes halogenated alkanes) is 4. The number of aliphatic carboxylic acids is 2. The second-order valence-electron chi connectivity index (χ2n) is 26.6. The topological polar surface area (TPSA) is 380 Å². The van der Waals surface area contributed by atoms with E-state index in [1.54, 1.807) is 90.5 Å². The quantitative estimate of drug-likeness (QED) is 0.00900. The number of nitrogens with zero attached hydrogens (tertiary/aromatic N) is 1. The lowest BCUT2D eigenvalue weighted by Gasteiger charge is -2.31. The van der Waals surface area contributed by atoms with Gasteiger partial charge in [-0.05, 0) is 205 Å². The molecule has 0 aliphatic heterocycles. The van der Waals surface area contributed by atoms with Crippen LogP contribution in [0.4, 0.5) is 19.2 Å². The number of likely N-dealkylation sites (N-methyl/N-ethyl adjacent to an activating group) is 4. The van der Waals surface area contributed by atoms with Crippen molar-refractivity contribution in [2.24, 2.45) is 0 Å². The molecule has 0 radical (unpaired) electrons. The second-order valence-corrected chi connectivity index (χ2v) is 29.9. The molecular formula is C71H114N9O17P. The first-order chi connectivity index (χ1) is 45.9. The summed E-state index contributed by atoms with van der Waals surface area (Å²) < 4.78 is 24.9. The van der Waals surface area contributed by atoms with Crippen molar-refractivity contribution >= 4 is 81.9 Å². The zero-order valence-corrected chi connectivity index (χ0v) is 61.7. The summed E-state index contributed by atoms with van der Waals surface area (Å²) in [5.41, 5.74) is -2.09. The van der Waals surface area contributed by atoms with Crippen molar-refractivity contribution in [1.29, 1.82) is 5.26 Å². The first kappa shape index (κ1) is 90.1. The van der Waals surface area contributed by atoms with Gasteiger partial charge in [0.15, 0.2) is 11.9 Å². The van der Waals surface area contributed by atoms with Crippen LogP contribution in [0.25, 0.3) is 0 Å². The summed E-state index contributed by atoms with van der Waals surface area (Å²) in [4.78, 5) is 104. The number of hydrogen-bond donors (Lipinski definition) is 11. The van der Waals surface area contributed by atoms with Crippen LogP contribution in [-0.4, -0.2) is 189 Å². The summed E-state index contributed by atoms with van der Waals surface area (Å²) in [5, 5.41) is 62.8. The molecule has 27 heteroatoms. The monoisotopic (exact) mass is 1400 g/mol. The molecule has 11 N–H and O–H groups in total. The number of carbonyl (C=O) groups is 9. The van der Waals surface area contributed by atoms with E-state index in [0.717, 1.165) is 28.8 Å². The molecule has 3 rings (SSSR count). The van der Waals surface area contributed by atoms with Crippen molar-refractivity contribution in [3.8, 4) is 6.07 Å². The van der Waals surface area contributed by atoms with Gasteiger partial charge in [-0.2, -0.15) is 5.26 Å². The maximum Gasteiger partial charge on any atom is 0.407 e. The maximum atomic E-state index is 14.2. The van der Waals surface area contributed by atoms with E-state index < -0.39 is 108 Å². The third-order valence-corrected chi connectivity index (χ3v) is 18.1. The molecule has 26 nitrogen and oxygen atoms in total. The lowest BCUT2D eigenvalue weighted by Crippen LogP contribution is -2.42. The van der Waals surface area contributed by atoms with E-state index in [-0.39, 0.29) is 11.1 Å². The number of amides is 4. The normalized spacial score (nSPS) is 12.8. The number of hydrogen-bond acceptors (Lipinski definition) is 20. The van der Waals surface area contributed by atoms with E-state index in [4.69, 9.17) is 29.2 Å². The Morgan fingerprint density at radius 1 is 0.429 bits per heavy atom. The van der Waals surface area contributed by atoms with E-state index in [0.29, 0.717) is 90.4 Å². The Morgan fingerprint density at radius 3 is 0.959 bits per heavy atom. The van der Waals surface area contributed by atoms with Gasteiger partial charge in [0.2, 0.25) is 0 Å². The Hall–Kier alpha value is -7.92. The minimum Gasteiger partial charge on any atom is -0.480 e. The number of aliphatic hydroxyl groups is 1. The fourth-order valence-electron chi connectivity index (χ4n) is 9.26. The summed E-state index contributed by atoms with van der Waals surface area (Å²) in [6.07, 6.45) is 4.44. The Morgan fingerprint density at radius 2 is 0.714 bits per heavy atom. The van der Waals surface area contributed by atoms with Gasteiger partial charge in [0.05, 0.1) is 19.2 Å². The average Bonchev–Trinajstić information content (AvgIpc) is 0.735. The molecule has 5 atom stereocenters. The van der Waals surface area contributed by atoms with E-state index in [2.05, 4.69) is 53.3 Å². The molecule has 550 valence electrons. The standard InChI is InChI=1S/C32H38N3O3P.C14H26N2O5.C13H26N2O5.C12H24N2O4/c1-32(2,3)38-31(37)35-23-15-14-22-28(34-4)30(36)29(24-33)39(25-16-8-5-9-17-25,26-18-10-6-11-19-26)27-20-12-7-13-21-27;1-14(2,3)21-13(19)16-9-7-6-8-10(15-4)11(17)12(18)20-5;1-13(2,3)20-12(19)15-8-6-5-7-9(14-4)10(16)11(17)18;1-12(2,3)18-11(17)14-8-6-5-7-9(13-4)10(15)16/h5-13,16-21,28,34H,14-15,22-23H2,1-4H3,(H,35,37);10,15H,6-9H2,1-5H3,(H,16,19);9-10,14,16H,5-8H2,1-4H3,(H,15,19)(H,17,18);9,13H,5-8H2,1-4H3,(H,14,17)(H,15,16). The van der Waals surface area contributed by atoms with Gasteiger partial charge in [-0.1, -0.05) is 97.4 Å². The highest BCUT2D eigenvalue weighted by Gasteiger charge is 2.36. The van der Waals surface area contributed by atoms with Crippen LogP contribution < -0.4 is 58.4 Å².